The highest BCUT2D eigenvalue weighted by Gasteiger charge is 2.54. The lowest BCUT2D eigenvalue weighted by atomic mass is 10.0. The number of para-hydroxylation sites is 2. The summed E-state index contributed by atoms with van der Waals surface area (Å²) in [6.07, 6.45) is 1.59. The first kappa shape index (κ1) is 26.4. The molecule has 0 amide bonds. The van der Waals surface area contributed by atoms with Crippen molar-refractivity contribution in [1.82, 2.24) is 14.9 Å². The van der Waals surface area contributed by atoms with E-state index in [2.05, 4.69) is 68.7 Å². The third-order valence-electron chi connectivity index (χ3n) is 8.71. The summed E-state index contributed by atoms with van der Waals surface area (Å²) < 4.78 is 11.6. The number of methoxy groups -OCH3 is 1. The third-order valence-corrected chi connectivity index (χ3v) is 8.71. The van der Waals surface area contributed by atoms with E-state index in [1.165, 1.54) is 5.56 Å². The fourth-order valence-corrected chi connectivity index (χ4v) is 6.33. The van der Waals surface area contributed by atoms with Gasteiger partial charge < -0.3 is 19.9 Å². The molecule has 0 bridgehead atoms. The normalized spacial score (nSPS) is 19.5. The van der Waals surface area contributed by atoms with Crippen LogP contribution in [0.3, 0.4) is 0 Å². The molecule has 0 radical (unpaired) electrons. The first-order chi connectivity index (χ1) is 20.6. The van der Waals surface area contributed by atoms with Gasteiger partial charge in [-0.15, -0.1) is 0 Å². The minimum absolute atomic E-state index is 0.345. The van der Waals surface area contributed by atoms with Crippen LogP contribution in [0.5, 0.6) is 17.2 Å². The van der Waals surface area contributed by atoms with Crippen LogP contribution in [0.4, 0.5) is 11.5 Å². The summed E-state index contributed by atoms with van der Waals surface area (Å²) in [5.74, 6) is 4.83. The predicted molar refractivity (Wildman–Crippen MR) is 165 cm³/mol. The number of ether oxygens (including phenoxy) is 2. The van der Waals surface area contributed by atoms with Crippen LogP contribution in [0.2, 0.25) is 0 Å². The van der Waals surface area contributed by atoms with Crippen molar-refractivity contribution < 1.29 is 14.6 Å². The number of nitrogens with zero attached hydrogens (tertiary/aromatic N) is 3. The topological polar surface area (TPSA) is 79.7 Å². The molecule has 7 rings (SSSR count). The molecule has 2 N–H and O–H groups in total. The van der Waals surface area contributed by atoms with E-state index in [-0.39, 0.29) is 0 Å². The number of piperidine rings is 1. The second-order valence-corrected chi connectivity index (χ2v) is 11.4. The number of aryl methyl sites for hydroxylation is 1. The van der Waals surface area contributed by atoms with Gasteiger partial charge in [0.2, 0.25) is 0 Å². The van der Waals surface area contributed by atoms with Crippen molar-refractivity contribution in [2.24, 2.45) is 17.8 Å². The summed E-state index contributed by atoms with van der Waals surface area (Å²) in [4.78, 5) is 11.6. The molecule has 1 saturated carbocycles. The first-order valence-electron chi connectivity index (χ1n) is 14.5. The minimum atomic E-state index is 0.345. The van der Waals surface area contributed by atoms with Gasteiger partial charge in [0.15, 0.2) is 11.5 Å². The van der Waals surface area contributed by atoms with E-state index >= 15 is 0 Å². The van der Waals surface area contributed by atoms with Crippen LogP contribution < -0.4 is 14.8 Å². The van der Waals surface area contributed by atoms with Gasteiger partial charge >= 0.3 is 0 Å². The number of nitrogens with one attached hydrogen (secondary N) is 1. The Bertz CT molecular complexity index is 1730. The van der Waals surface area contributed by atoms with E-state index in [0.29, 0.717) is 35.9 Å². The maximum Gasteiger partial charge on any atom is 0.169 e. The molecule has 2 unspecified atom stereocenters. The second kappa shape index (κ2) is 11.1. The quantitative estimate of drug-likeness (QED) is 0.206. The van der Waals surface area contributed by atoms with Crippen LogP contribution in [0.1, 0.15) is 11.1 Å². The maximum absolute atomic E-state index is 9.43. The standard InChI is InChI=1S/C35H34N4O3/c1-22-15-26(12-14-32(22)42-34-6-4-3-5-33(34)41-2)38-35-27-16-25(11-13-31(27)36-21-37-35)24-9-7-23(8-10-24)17-39-18-28-29(19-39)30(28)20-40/h3-16,21,28-30,40H,17-20H2,1-2H3,(H,36,37,38). The molecule has 2 aliphatic rings. The summed E-state index contributed by atoms with van der Waals surface area (Å²) in [5, 5.41) is 13.9. The lowest BCUT2D eigenvalue weighted by molar-refractivity contribution is 0.217. The van der Waals surface area contributed by atoms with Crippen molar-refractivity contribution in [3.05, 3.63) is 102 Å². The Labute approximate surface area is 245 Å². The number of likely N-dealkylation sites (tertiary alicyclic amines) is 1. The van der Waals surface area contributed by atoms with E-state index in [1.54, 1.807) is 13.4 Å². The number of anilines is 2. The predicted octanol–water partition coefficient (Wildman–Crippen LogP) is 6.82. The molecule has 2 heterocycles. The van der Waals surface area contributed by atoms with Crippen LogP contribution >= 0.6 is 0 Å². The van der Waals surface area contributed by atoms with Gasteiger partial charge in [-0.05, 0) is 89.4 Å². The van der Waals surface area contributed by atoms with Crippen LogP contribution in [0, 0.1) is 24.7 Å². The number of aromatic nitrogens is 2. The van der Waals surface area contributed by atoms with Gasteiger partial charge in [0.1, 0.15) is 17.9 Å². The van der Waals surface area contributed by atoms with Gasteiger partial charge in [0.25, 0.3) is 0 Å². The molecule has 2 fully saturated rings. The van der Waals surface area contributed by atoms with Crippen LogP contribution in [-0.2, 0) is 6.54 Å². The Balaban J connectivity index is 1.07. The summed E-state index contributed by atoms with van der Waals surface area (Å²) in [5.41, 5.74) is 6.39. The van der Waals surface area contributed by atoms with E-state index in [4.69, 9.17) is 9.47 Å². The molecule has 5 aromatic rings. The number of rotatable bonds is 9. The highest BCUT2D eigenvalue weighted by atomic mass is 16.5. The molecule has 1 aromatic heterocycles. The molecule has 1 saturated heterocycles. The van der Waals surface area contributed by atoms with Crippen molar-refractivity contribution >= 4 is 22.4 Å². The van der Waals surface area contributed by atoms with Crippen LogP contribution in [-0.4, -0.2) is 46.8 Å². The lowest BCUT2D eigenvalue weighted by Gasteiger charge is -2.19. The third kappa shape index (κ3) is 5.17. The van der Waals surface area contributed by atoms with E-state index < -0.39 is 0 Å². The molecule has 7 heteroatoms. The van der Waals surface area contributed by atoms with Crippen LogP contribution in [0.15, 0.2) is 91.3 Å². The summed E-state index contributed by atoms with van der Waals surface area (Å²) >= 11 is 0. The number of hydrogen-bond acceptors (Lipinski definition) is 7. The molecule has 42 heavy (non-hydrogen) atoms. The molecule has 4 aromatic carbocycles. The van der Waals surface area contributed by atoms with Crippen molar-refractivity contribution in [1.29, 1.82) is 0 Å². The Kier molecular flexibility index (Phi) is 6.98. The zero-order chi connectivity index (χ0) is 28.6. The highest BCUT2D eigenvalue weighted by Crippen LogP contribution is 2.51. The number of fused-ring (bicyclic) bond motifs is 2. The summed E-state index contributed by atoms with van der Waals surface area (Å²) in [7, 11) is 1.64. The van der Waals surface area contributed by atoms with Gasteiger partial charge in [0.05, 0.1) is 12.6 Å². The zero-order valence-corrected chi connectivity index (χ0v) is 23.8. The zero-order valence-electron chi connectivity index (χ0n) is 23.8. The Morgan fingerprint density at radius 1 is 0.857 bits per heavy atom. The van der Waals surface area contributed by atoms with Gasteiger partial charge in [-0.25, -0.2) is 9.97 Å². The lowest BCUT2D eigenvalue weighted by Crippen LogP contribution is -2.24. The van der Waals surface area contributed by atoms with Gasteiger partial charge in [0, 0.05) is 37.3 Å². The molecule has 7 nitrogen and oxygen atoms in total. The van der Waals surface area contributed by atoms with E-state index in [1.807, 2.05) is 43.3 Å². The summed E-state index contributed by atoms with van der Waals surface area (Å²) in [6.45, 7) is 5.54. The molecule has 1 aliphatic carbocycles. The first-order valence-corrected chi connectivity index (χ1v) is 14.5. The number of benzene rings is 4. The largest absolute Gasteiger partial charge is 0.493 e. The molecule has 2 atom stereocenters. The minimum Gasteiger partial charge on any atom is -0.493 e. The monoisotopic (exact) mass is 558 g/mol. The average molecular weight is 559 g/mol. The average Bonchev–Trinajstić information content (AvgIpc) is 3.50. The fourth-order valence-electron chi connectivity index (χ4n) is 6.33. The van der Waals surface area contributed by atoms with Crippen molar-refractivity contribution in [3.8, 4) is 28.4 Å². The number of hydrogen-bond donors (Lipinski definition) is 2. The maximum atomic E-state index is 9.43. The summed E-state index contributed by atoms with van der Waals surface area (Å²) in [6, 6.07) is 28.8. The fraction of sp³-hybridized carbons (Fsp3) is 0.257. The van der Waals surface area contributed by atoms with Crippen molar-refractivity contribution in [3.63, 3.8) is 0 Å². The van der Waals surface area contributed by atoms with Gasteiger partial charge in [-0.3, -0.25) is 4.90 Å². The molecular formula is C35H34N4O3. The molecule has 212 valence electrons. The molecule has 1 aliphatic heterocycles. The Morgan fingerprint density at radius 3 is 2.36 bits per heavy atom. The second-order valence-electron chi connectivity index (χ2n) is 11.4. The number of aliphatic hydroxyl groups is 1. The molecule has 0 spiro atoms. The Hall–Kier alpha value is -4.46. The smallest absolute Gasteiger partial charge is 0.169 e. The SMILES string of the molecule is COc1ccccc1Oc1ccc(Nc2ncnc3ccc(-c4ccc(CN5CC6C(CO)C6C5)cc4)cc23)cc1C. The molecular weight excluding hydrogens is 524 g/mol. The van der Waals surface area contributed by atoms with Gasteiger partial charge in [-0.2, -0.15) is 0 Å². The Morgan fingerprint density at radius 2 is 1.62 bits per heavy atom. The highest BCUT2D eigenvalue weighted by molar-refractivity contribution is 5.93. The van der Waals surface area contributed by atoms with Crippen molar-refractivity contribution in [2.75, 3.05) is 32.1 Å². The number of aliphatic hydroxyl groups excluding tert-OH is 1. The van der Waals surface area contributed by atoms with Crippen molar-refractivity contribution in [2.45, 2.75) is 13.5 Å². The van der Waals surface area contributed by atoms with E-state index in [0.717, 1.165) is 64.5 Å². The van der Waals surface area contributed by atoms with Gasteiger partial charge in [-0.1, -0.05) is 42.5 Å². The van der Waals surface area contributed by atoms with Crippen LogP contribution in [0.25, 0.3) is 22.0 Å². The van der Waals surface area contributed by atoms with E-state index in [9.17, 15) is 5.11 Å².